The number of ether oxygens (including phenoxy) is 1. The number of piperazine rings is 1. The van der Waals surface area contributed by atoms with E-state index in [1.165, 1.54) is 17.7 Å². The number of carbonyl (C=O) groups excluding carboxylic acids is 2. The number of allylic oxidation sites excluding steroid dienone is 1. The molecule has 2 amide bonds. The van der Waals surface area contributed by atoms with Gasteiger partial charge in [0.05, 0.1) is 10.6 Å². The van der Waals surface area contributed by atoms with Gasteiger partial charge in [-0.2, -0.15) is 0 Å². The normalized spacial score (nSPS) is 20.7. The number of rotatable bonds is 10. The summed E-state index contributed by atoms with van der Waals surface area (Å²) in [6, 6.07) is 13.7. The van der Waals surface area contributed by atoms with Crippen molar-refractivity contribution in [2.24, 2.45) is 17.3 Å². The summed E-state index contributed by atoms with van der Waals surface area (Å²) in [5.74, 6) is 1.26. The zero-order valence-corrected chi connectivity index (χ0v) is 26.9. The number of aromatic nitrogens is 1. The number of hydrogen-bond acceptors (Lipinski definition) is 6. The molecule has 0 radical (unpaired) electrons. The highest BCUT2D eigenvalue weighted by Gasteiger charge is 2.51. The Morgan fingerprint density at radius 2 is 1.87 bits per heavy atom. The van der Waals surface area contributed by atoms with Crippen LogP contribution >= 0.6 is 11.6 Å². The predicted molar refractivity (Wildman–Crippen MR) is 171 cm³/mol. The largest absolute Gasteiger partial charge is 0.484 e. The second-order valence-corrected chi connectivity index (χ2v) is 13.3. The highest BCUT2D eigenvalue weighted by molar-refractivity contribution is 6.33. The number of fused-ring (bicyclic) bond motifs is 1. The monoisotopic (exact) mass is 634 g/mol. The number of aryl methyl sites for hydroxylation is 1. The lowest BCUT2D eigenvalue weighted by atomic mass is 9.49. The van der Waals surface area contributed by atoms with Crippen LogP contribution in [0.2, 0.25) is 5.02 Å². The highest BCUT2D eigenvalue weighted by atomic mass is 35.5. The minimum absolute atomic E-state index is 0.00617. The van der Waals surface area contributed by atoms with E-state index in [1.807, 2.05) is 40.1 Å². The second kappa shape index (κ2) is 13.0. The van der Waals surface area contributed by atoms with Gasteiger partial charge in [-0.1, -0.05) is 66.5 Å². The van der Waals surface area contributed by atoms with Gasteiger partial charge < -0.3 is 19.1 Å². The van der Waals surface area contributed by atoms with Crippen molar-refractivity contribution < 1.29 is 23.2 Å². The third-order valence-electron chi connectivity index (χ3n) is 10.0. The summed E-state index contributed by atoms with van der Waals surface area (Å²) in [4.78, 5) is 33.1. The Morgan fingerprint density at radius 3 is 2.56 bits per heavy atom. The van der Waals surface area contributed by atoms with Gasteiger partial charge in [0.1, 0.15) is 28.6 Å². The molecule has 4 aliphatic rings. The van der Waals surface area contributed by atoms with E-state index in [2.05, 4.69) is 30.0 Å². The number of hydrogen-bond donors (Lipinski definition) is 0. The van der Waals surface area contributed by atoms with E-state index in [0.717, 1.165) is 12.8 Å². The molecule has 238 valence electrons. The maximum absolute atomic E-state index is 15.0. The average molecular weight is 635 g/mol. The number of para-hydroxylation sites is 1. The van der Waals surface area contributed by atoms with Crippen molar-refractivity contribution in [3.63, 3.8) is 0 Å². The summed E-state index contributed by atoms with van der Waals surface area (Å²) in [7, 11) is 0. The number of carbonyl (C=O) groups is 2. The van der Waals surface area contributed by atoms with Crippen molar-refractivity contribution in [3.8, 4) is 17.0 Å². The van der Waals surface area contributed by atoms with Gasteiger partial charge in [-0.3, -0.25) is 14.5 Å². The molecule has 1 aliphatic heterocycles. The summed E-state index contributed by atoms with van der Waals surface area (Å²) in [5, 5.41) is 4.26. The van der Waals surface area contributed by atoms with Crippen LogP contribution in [0.4, 0.5) is 4.39 Å². The van der Waals surface area contributed by atoms with Gasteiger partial charge in [0.15, 0.2) is 6.61 Å². The van der Waals surface area contributed by atoms with Gasteiger partial charge in [-0.05, 0) is 61.3 Å². The van der Waals surface area contributed by atoms with E-state index in [-0.39, 0.29) is 45.7 Å². The summed E-state index contributed by atoms with van der Waals surface area (Å²) < 4.78 is 26.1. The smallest absolute Gasteiger partial charge is 0.260 e. The zero-order chi connectivity index (χ0) is 31.7. The second-order valence-electron chi connectivity index (χ2n) is 12.9. The lowest BCUT2D eigenvalue weighted by Gasteiger charge is -2.57. The lowest BCUT2D eigenvalue weighted by molar-refractivity contribution is -0.135. The fourth-order valence-electron chi connectivity index (χ4n) is 7.04. The average Bonchev–Trinajstić information content (AvgIpc) is 3.42. The molecule has 8 nitrogen and oxygen atoms in total. The quantitative estimate of drug-likeness (QED) is 0.251. The minimum Gasteiger partial charge on any atom is -0.484 e. The van der Waals surface area contributed by atoms with Crippen LogP contribution in [0.25, 0.3) is 11.3 Å². The van der Waals surface area contributed by atoms with Gasteiger partial charge in [0.25, 0.3) is 11.8 Å². The maximum atomic E-state index is 15.0. The van der Waals surface area contributed by atoms with Crippen molar-refractivity contribution in [1.29, 1.82) is 0 Å². The first-order valence-electron chi connectivity index (χ1n) is 15.7. The Labute approximate surface area is 268 Å². The number of nitrogens with zero attached hydrogens (tertiary/aromatic N) is 4. The molecular formula is C35H40ClFN4O4. The van der Waals surface area contributed by atoms with Crippen LogP contribution < -0.4 is 4.74 Å². The van der Waals surface area contributed by atoms with Gasteiger partial charge in [0.2, 0.25) is 0 Å². The van der Waals surface area contributed by atoms with Crippen molar-refractivity contribution in [1.82, 2.24) is 19.9 Å². The molecule has 7 rings (SSSR count). The number of amides is 2. The molecule has 2 heterocycles. The molecule has 3 aliphatic carbocycles. The summed E-state index contributed by atoms with van der Waals surface area (Å²) >= 11 is 6.39. The first-order valence-corrected chi connectivity index (χ1v) is 16.1. The molecule has 2 aromatic carbocycles. The van der Waals surface area contributed by atoms with E-state index >= 15 is 0 Å². The van der Waals surface area contributed by atoms with Gasteiger partial charge in [-0.25, -0.2) is 4.39 Å². The fraction of sp³-hybridized carbons (Fsp3) is 0.457. The first kappa shape index (κ1) is 31.3. The summed E-state index contributed by atoms with van der Waals surface area (Å²) in [6.07, 6.45) is 4.47. The Bertz CT molecular complexity index is 1560. The first-order chi connectivity index (χ1) is 21.6. The standard InChI is InChI=1S/C35H40ClFN4O4/c1-23-31(33(38-45-23)32-28(36)10-7-11-29(32)37)34(43)41(21-24-12-13-25-20-27(24)35(25,2)3)19-16-39-14-17-40(18-15-39)30(42)22-44-26-8-5-4-6-9-26/h4-12,25,27H,13-22H2,1-3H3. The minimum atomic E-state index is -0.560. The van der Waals surface area contributed by atoms with Gasteiger partial charge >= 0.3 is 0 Å². The maximum Gasteiger partial charge on any atom is 0.260 e. The van der Waals surface area contributed by atoms with Crippen LogP contribution in [-0.2, 0) is 4.79 Å². The Kier molecular flexibility index (Phi) is 9.02. The molecule has 2 fully saturated rings. The van der Waals surface area contributed by atoms with Crippen molar-refractivity contribution >= 4 is 23.4 Å². The molecule has 3 aromatic rings. The predicted octanol–water partition coefficient (Wildman–Crippen LogP) is 6.10. The molecule has 2 unspecified atom stereocenters. The highest BCUT2D eigenvalue weighted by Crippen LogP contribution is 2.59. The third kappa shape index (κ3) is 6.38. The van der Waals surface area contributed by atoms with Crippen LogP contribution in [0.15, 0.2) is 64.7 Å². The summed E-state index contributed by atoms with van der Waals surface area (Å²) in [6.45, 7) is 10.5. The number of halogens is 2. The molecule has 2 bridgehead atoms. The van der Waals surface area contributed by atoms with Crippen LogP contribution in [-0.4, -0.2) is 84.1 Å². The van der Waals surface area contributed by atoms with Crippen LogP contribution in [0.3, 0.4) is 0 Å². The fourth-order valence-corrected chi connectivity index (χ4v) is 7.29. The van der Waals surface area contributed by atoms with E-state index in [1.54, 1.807) is 13.0 Å². The van der Waals surface area contributed by atoms with Crippen molar-refractivity contribution in [2.45, 2.75) is 33.6 Å². The van der Waals surface area contributed by atoms with Gasteiger partial charge in [0, 0.05) is 45.8 Å². The Hall–Kier alpha value is -3.69. The van der Waals surface area contributed by atoms with Crippen molar-refractivity contribution in [3.05, 3.63) is 82.3 Å². The van der Waals surface area contributed by atoms with E-state index in [4.69, 9.17) is 20.9 Å². The van der Waals surface area contributed by atoms with E-state index in [0.29, 0.717) is 69.2 Å². The molecule has 0 N–H and O–H groups in total. The Morgan fingerprint density at radius 1 is 1.11 bits per heavy atom. The molecule has 1 saturated carbocycles. The number of benzene rings is 2. The lowest BCUT2D eigenvalue weighted by Crippen LogP contribution is -2.52. The van der Waals surface area contributed by atoms with E-state index < -0.39 is 5.82 Å². The summed E-state index contributed by atoms with van der Waals surface area (Å²) in [5.41, 5.74) is 1.92. The molecule has 1 aromatic heterocycles. The van der Waals surface area contributed by atoms with Crippen LogP contribution in [0.1, 0.15) is 42.8 Å². The Balaban J connectivity index is 1.15. The van der Waals surface area contributed by atoms with Crippen LogP contribution in [0.5, 0.6) is 5.75 Å². The van der Waals surface area contributed by atoms with Crippen LogP contribution in [0, 0.1) is 30.0 Å². The molecule has 0 spiro atoms. The third-order valence-corrected chi connectivity index (χ3v) is 10.4. The zero-order valence-electron chi connectivity index (χ0n) is 26.1. The topological polar surface area (TPSA) is 79.1 Å². The van der Waals surface area contributed by atoms with Crippen molar-refractivity contribution in [2.75, 3.05) is 52.4 Å². The molecule has 2 atom stereocenters. The molecule has 10 heteroatoms. The molecule has 1 saturated heterocycles. The molecular weight excluding hydrogens is 595 g/mol. The van der Waals surface area contributed by atoms with Gasteiger partial charge in [-0.15, -0.1) is 0 Å². The molecule has 45 heavy (non-hydrogen) atoms. The van der Waals surface area contributed by atoms with E-state index in [9.17, 15) is 14.0 Å². The SMILES string of the molecule is Cc1onc(-c2c(F)cccc2Cl)c1C(=O)N(CCN1CCN(C(=O)COc2ccccc2)CC1)CC1=CCC2CC1C2(C)C.